The van der Waals surface area contributed by atoms with E-state index in [1.807, 2.05) is 0 Å². The van der Waals surface area contributed by atoms with Gasteiger partial charge in [0.05, 0.1) is 12.8 Å². The summed E-state index contributed by atoms with van der Waals surface area (Å²) in [5.41, 5.74) is 1.04. The third-order valence-electron chi connectivity index (χ3n) is 2.47. The molecule has 0 aliphatic rings. The van der Waals surface area contributed by atoms with Crippen LogP contribution in [0.3, 0.4) is 0 Å². The molecule has 0 fully saturated rings. The van der Waals surface area contributed by atoms with E-state index in [0.717, 1.165) is 11.5 Å². The first-order valence-corrected chi connectivity index (χ1v) is 7.08. The minimum Gasteiger partial charge on any atom is -0.447 e. The van der Waals surface area contributed by atoms with Gasteiger partial charge in [-0.2, -0.15) is 0 Å². The second kappa shape index (κ2) is 8.05. The lowest BCUT2D eigenvalue weighted by atomic mass is 10.2. The molecule has 9 heteroatoms. The first-order chi connectivity index (χ1) is 10.7. The molecule has 0 bridgehead atoms. The standard InChI is InChI=1S/C13H14N4O4S/c1-20-5-6-21-13(19)16-10-4-2-3-9(7-10)15-12(18)11-8-14-17-22-11/h2-4,7-8H,5-6H2,1H3,(H,15,18)(H,16,19). The zero-order chi connectivity index (χ0) is 15.8. The van der Waals surface area contributed by atoms with Gasteiger partial charge < -0.3 is 14.8 Å². The highest BCUT2D eigenvalue weighted by atomic mass is 32.1. The maximum atomic E-state index is 11.9. The summed E-state index contributed by atoms with van der Waals surface area (Å²) in [6, 6.07) is 6.70. The molecular weight excluding hydrogens is 308 g/mol. The van der Waals surface area contributed by atoms with Crippen LogP contribution < -0.4 is 10.6 Å². The lowest BCUT2D eigenvalue weighted by Gasteiger charge is -2.08. The first-order valence-electron chi connectivity index (χ1n) is 6.30. The Morgan fingerprint density at radius 2 is 2.00 bits per heavy atom. The number of hydrogen-bond acceptors (Lipinski definition) is 7. The number of hydrogen-bond donors (Lipinski definition) is 2. The molecule has 0 spiro atoms. The highest BCUT2D eigenvalue weighted by molar-refractivity contribution is 7.07. The molecule has 0 unspecified atom stereocenters. The van der Waals surface area contributed by atoms with Gasteiger partial charge in [0.15, 0.2) is 0 Å². The van der Waals surface area contributed by atoms with Crippen molar-refractivity contribution in [3.63, 3.8) is 0 Å². The van der Waals surface area contributed by atoms with Gasteiger partial charge in [0.2, 0.25) is 0 Å². The Hall–Kier alpha value is -2.52. The smallest absolute Gasteiger partial charge is 0.411 e. The molecule has 2 aromatic rings. The van der Waals surface area contributed by atoms with E-state index in [1.165, 1.54) is 13.3 Å². The molecule has 0 aliphatic carbocycles. The number of aromatic nitrogens is 2. The molecule has 0 aliphatic heterocycles. The monoisotopic (exact) mass is 322 g/mol. The van der Waals surface area contributed by atoms with E-state index in [0.29, 0.717) is 22.9 Å². The number of ether oxygens (including phenoxy) is 2. The Kier molecular flexibility index (Phi) is 5.81. The number of carbonyl (C=O) groups excluding carboxylic acids is 2. The summed E-state index contributed by atoms with van der Waals surface area (Å²) in [5.74, 6) is -0.310. The summed E-state index contributed by atoms with van der Waals surface area (Å²) in [6.45, 7) is 0.490. The largest absolute Gasteiger partial charge is 0.447 e. The molecule has 1 heterocycles. The third kappa shape index (κ3) is 4.79. The summed E-state index contributed by atoms with van der Waals surface area (Å²) in [4.78, 5) is 23.8. The molecule has 1 aromatic carbocycles. The molecule has 0 saturated heterocycles. The van der Waals surface area contributed by atoms with E-state index >= 15 is 0 Å². The minimum absolute atomic E-state index is 0.164. The second-order valence-electron chi connectivity index (χ2n) is 4.07. The van der Waals surface area contributed by atoms with Gasteiger partial charge in [-0.25, -0.2) is 4.79 Å². The van der Waals surface area contributed by atoms with Crippen molar-refractivity contribution in [2.24, 2.45) is 0 Å². The normalized spacial score (nSPS) is 10.0. The Bertz CT molecular complexity index is 633. The van der Waals surface area contributed by atoms with Gasteiger partial charge in [0.25, 0.3) is 5.91 Å². The maximum Gasteiger partial charge on any atom is 0.411 e. The Labute approximate surface area is 130 Å². The van der Waals surface area contributed by atoms with Crippen molar-refractivity contribution in [1.29, 1.82) is 0 Å². The third-order valence-corrected chi connectivity index (χ3v) is 3.14. The first kappa shape index (κ1) is 15.9. The van der Waals surface area contributed by atoms with E-state index < -0.39 is 6.09 Å². The van der Waals surface area contributed by atoms with Crippen LogP contribution in [0.15, 0.2) is 30.5 Å². The van der Waals surface area contributed by atoms with Gasteiger partial charge in [0.1, 0.15) is 11.5 Å². The number of benzene rings is 1. The molecule has 0 atom stereocenters. The van der Waals surface area contributed by atoms with Gasteiger partial charge in [0, 0.05) is 18.5 Å². The average molecular weight is 322 g/mol. The van der Waals surface area contributed by atoms with Crippen molar-refractivity contribution in [1.82, 2.24) is 9.59 Å². The van der Waals surface area contributed by atoms with Crippen molar-refractivity contribution in [3.05, 3.63) is 35.3 Å². The lowest BCUT2D eigenvalue weighted by molar-refractivity contribution is 0.103. The zero-order valence-electron chi connectivity index (χ0n) is 11.7. The zero-order valence-corrected chi connectivity index (χ0v) is 12.6. The molecule has 0 radical (unpaired) electrons. The molecule has 2 amide bonds. The van der Waals surface area contributed by atoms with Crippen LogP contribution in [0.5, 0.6) is 0 Å². The number of carbonyl (C=O) groups is 2. The highest BCUT2D eigenvalue weighted by Crippen LogP contribution is 2.16. The molecule has 2 N–H and O–H groups in total. The van der Waals surface area contributed by atoms with Gasteiger partial charge >= 0.3 is 6.09 Å². The van der Waals surface area contributed by atoms with Crippen molar-refractivity contribution in [2.75, 3.05) is 31.0 Å². The predicted molar refractivity (Wildman–Crippen MR) is 81.2 cm³/mol. The van der Waals surface area contributed by atoms with E-state index in [2.05, 4.69) is 20.2 Å². The number of anilines is 2. The molecule has 0 saturated carbocycles. The number of rotatable bonds is 6. The van der Waals surface area contributed by atoms with Crippen LogP contribution in [0.2, 0.25) is 0 Å². The number of nitrogens with one attached hydrogen (secondary N) is 2. The van der Waals surface area contributed by atoms with Crippen LogP contribution in [0.4, 0.5) is 16.2 Å². The summed E-state index contributed by atoms with van der Waals surface area (Å²) in [6.07, 6.45) is 0.794. The van der Waals surface area contributed by atoms with Crippen molar-refractivity contribution < 1.29 is 19.1 Å². The van der Waals surface area contributed by atoms with Crippen molar-refractivity contribution in [3.8, 4) is 0 Å². The fourth-order valence-electron chi connectivity index (χ4n) is 1.51. The van der Waals surface area contributed by atoms with Crippen LogP contribution >= 0.6 is 11.5 Å². The second-order valence-corrected chi connectivity index (χ2v) is 4.86. The van der Waals surface area contributed by atoms with E-state index in [9.17, 15) is 9.59 Å². The van der Waals surface area contributed by atoms with Gasteiger partial charge in [-0.3, -0.25) is 10.1 Å². The number of amides is 2. The molecule has 22 heavy (non-hydrogen) atoms. The van der Waals surface area contributed by atoms with E-state index in [4.69, 9.17) is 9.47 Å². The number of nitrogens with zero attached hydrogens (tertiary/aromatic N) is 2. The Morgan fingerprint density at radius 1 is 1.23 bits per heavy atom. The van der Waals surface area contributed by atoms with E-state index in [-0.39, 0.29) is 12.5 Å². The minimum atomic E-state index is -0.591. The van der Waals surface area contributed by atoms with Gasteiger partial charge in [-0.05, 0) is 29.7 Å². The molecule has 8 nitrogen and oxygen atoms in total. The highest BCUT2D eigenvalue weighted by Gasteiger charge is 2.09. The average Bonchev–Trinajstić information content (AvgIpc) is 3.02. The Balaban J connectivity index is 1.92. The van der Waals surface area contributed by atoms with Gasteiger partial charge in [-0.1, -0.05) is 10.6 Å². The fraction of sp³-hybridized carbons (Fsp3) is 0.231. The van der Waals surface area contributed by atoms with Crippen LogP contribution in [0.25, 0.3) is 0 Å². The number of methoxy groups -OCH3 is 1. The summed E-state index contributed by atoms with van der Waals surface area (Å²) >= 11 is 1.00. The fourth-order valence-corrected chi connectivity index (χ4v) is 1.92. The topological polar surface area (TPSA) is 102 Å². The van der Waals surface area contributed by atoms with Crippen LogP contribution in [0.1, 0.15) is 9.67 Å². The molecular formula is C13H14N4O4S. The summed E-state index contributed by atoms with van der Waals surface area (Å²) in [7, 11) is 1.52. The SMILES string of the molecule is COCCOC(=O)Nc1cccc(NC(=O)c2cnns2)c1. The summed E-state index contributed by atoms with van der Waals surface area (Å²) in [5, 5.41) is 8.85. The maximum absolute atomic E-state index is 11.9. The van der Waals surface area contributed by atoms with Gasteiger partial charge in [-0.15, -0.1) is 5.10 Å². The van der Waals surface area contributed by atoms with Crippen LogP contribution in [0, 0.1) is 0 Å². The van der Waals surface area contributed by atoms with Crippen molar-refractivity contribution >= 4 is 34.9 Å². The lowest BCUT2D eigenvalue weighted by Crippen LogP contribution is -2.16. The van der Waals surface area contributed by atoms with Crippen molar-refractivity contribution in [2.45, 2.75) is 0 Å². The summed E-state index contributed by atoms with van der Waals surface area (Å²) < 4.78 is 13.3. The molecule has 116 valence electrons. The predicted octanol–water partition coefficient (Wildman–Crippen LogP) is 1.99. The van der Waals surface area contributed by atoms with Crippen LogP contribution in [-0.2, 0) is 9.47 Å². The molecule has 1 aromatic heterocycles. The quantitative estimate of drug-likeness (QED) is 0.788. The Morgan fingerprint density at radius 3 is 2.68 bits per heavy atom. The van der Waals surface area contributed by atoms with E-state index in [1.54, 1.807) is 24.3 Å². The molecule has 2 rings (SSSR count). The van der Waals surface area contributed by atoms with Crippen LogP contribution in [-0.4, -0.2) is 41.9 Å².